The summed E-state index contributed by atoms with van der Waals surface area (Å²) < 4.78 is 0. The molecule has 0 aliphatic carbocycles. The molecule has 0 aromatic heterocycles. The highest BCUT2D eigenvalue weighted by molar-refractivity contribution is 5.72. The summed E-state index contributed by atoms with van der Waals surface area (Å²) in [5, 5.41) is 0. The second-order valence-corrected chi connectivity index (χ2v) is 5.92. The maximum Gasteiger partial charge on any atom is 0.145 e. The topological polar surface area (TPSA) is 17.1 Å². The molecule has 0 saturated carbocycles. The number of carbonyl (C=O) groups is 1. The molecule has 0 spiro atoms. The molecule has 1 aromatic carbocycles. The summed E-state index contributed by atoms with van der Waals surface area (Å²) in [6, 6.07) is 8.53. The predicted octanol–water partition coefficient (Wildman–Crippen LogP) is 5.01. The van der Waals surface area contributed by atoms with Crippen LogP contribution in [0.4, 0.5) is 0 Å². The van der Waals surface area contributed by atoms with Gasteiger partial charge in [0, 0.05) is 5.41 Å². The van der Waals surface area contributed by atoms with Crippen LogP contribution in [-0.4, -0.2) is 6.29 Å². The highest BCUT2D eigenvalue weighted by atomic mass is 16.1. The van der Waals surface area contributed by atoms with Gasteiger partial charge in [-0.1, -0.05) is 55.8 Å². The Morgan fingerprint density at radius 2 is 1.85 bits per heavy atom. The lowest BCUT2D eigenvalue weighted by atomic mass is 9.75. The summed E-state index contributed by atoms with van der Waals surface area (Å²) in [5.41, 5.74) is 4.64. The second kappa shape index (κ2) is 7.23. The van der Waals surface area contributed by atoms with Crippen molar-refractivity contribution >= 4 is 6.29 Å². The maximum atomic E-state index is 11.0. The zero-order valence-electron chi connectivity index (χ0n) is 13.4. The molecule has 0 aliphatic rings. The monoisotopic (exact) mass is 270 g/mol. The van der Waals surface area contributed by atoms with Crippen LogP contribution in [0.15, 0.2) is 47.6 Å². The third-order valence-electron chi connectivity index (χ3n) is 3.68. The molecule has 0 amide bonds. The van der Waals surface area contributed by atoms with E-state index >= 15 is 0 Å². The zero-order chi connectivity index (χ0) is 15.2. The van der Waals surface area contributed by atoms with Gasteiger partial charge in [-0.2, -0.15) is 0 Å². The Kier molecular flexibility index (Phi) is 5.94. The van der Waals surface area contributed by atoms with E-state index in [4.69, 9.17) is 0 Å². The first-order valence-electron chi connectivity index (χ1n) is 7.29. The normalized spacial score (nSPS) is 14.6. The summed E-state index contributed by atoms with van der Waals surface area (Å²) in [7, 11) is 0. The highest BCUT2D eigenvalue weighted by Crippen LogP contribution is 2.34. The van der Waals surface area contributed by atoms with Crippen LogP contribution in [0.1, 0.15) is 52.2 Å². The summed E-state index contributed by atoms with van der Waals surface area (Å²) in [4.78, 5) is 11.0. The third-order valence-corrected chi connectivity index (χ3v) is 3.68. The first-order valence-corrected chi connectivity index (χ1v) is 7.29. The Morgan fingerprint density at radius 3 is 2.40 bits per heavy atom. The summed E-state index contributed by atoms with van der Waals surface area (Å²) in [6.45, 7) is 10.5. The molecule has 1 rings (SSSR count). The van der Waals surface area contributed by atoms with Gasteiger partial charge in [0.2, 0.25) is 0 Å². The molecule has 1 atom stereocenters. The van der Waals surface area contributed by atoms with E-state index in [1.54, 1.807) is 0 Å². The molecule has 0 bridgehead atoms. The van der Waals surface area contributed by atoms with Crippen molar-refractivity contribution in [2.75, 3.05) is 0 Å². The standard InChI is InChI=1S/C19H26O/c1-6-17-9-7-8-10-18(17)19(5,12-11-15(2)3)13-16(4)14-20/h7-11,13-14H,6,12H2,1-5H3/b16-13+. The highest BCUT2D eigenvalue weighted by Gasteiger charge is 2.25. The van der Waals surface area contributed by atoms with E-state index in [1.807, 2.05) is 6.92 Å². The molecule has 108 valence electrons. The average Bonchev–Trinajstić information content (AvgIpc) is 2.45. The van der Waals surface area contributed by atoms with Crippen molar-refractivity contribution in [2.24, 2.45) is 0 Å². The van der Waals surface area contributed by atoms with Crippen LogP contribution >= 0.6 is 0 Å². The van der Waals surface area contributed by atoms with E-state index in [0.29, 0.717) is 0 Å². The molecule has 1 aromatic rings. The molecule has 0 saturated heterocycles. The van der Waals surface area contributed by atoms with Crippen LogP contribution in [-0.2, 0) is 16.6 Å². The average molecular weight is 270 g/mol. The minimum atomic E-state index is -0.130. The smallest absolute Gasteiger partial charge is 0.145 e. The number of hydrogen-bond acceptors (Lipinski definition) is 1. The maximum absolute atomic E-state index is 11.0. The summed E-state index contributed by atoms with van der Waals surface area (Å²) >= 11 is 0. The third kappa shape index (κ3) is 4.19. The van der Waals surface area contributed by atoms with E-state index in [0.717, 1.165) is 24.7 Å². The van der Waals surface area contributed by atoms with Crippen molar-refractivity contribution in [2.45, 2.75) is 52.9 Å². The SMILES string of the molecule is CCc1ccccc1C(C)(/C=C(\C)C=O)CC=C(C)C. The van der Waals surface area contributed by atoms with Crippen molar-refractivity contribution in [3.63, 3.8) is 0 Å². The van der Waals surface area contributed by atoms with Crippen LogP contribution in [0.25, 0.3) is 0 Å². The van der Waals surface area contributed by atoms with Gasteiger partial charge in [-0.05, 0) is 50.3 Å². The lowest BCUT2D eigenvalue weighted by molar-refractivity contribution is -0.104. The molecule has 1 unspecified atom stereocenters. The first kappa shape index (κ1) is 16.4. The minimum absolute atomic E-state index is 0.130. The van der Waals surface area contributed by atoms with Gasteiger partial charge in [0.1, 0.15) is 6.29 Å². The van der Waals surface area contributed by atoms with E-state index in [1.165, 1.54) is 16.7 Å². The summed E-state index contributed by atoms with van der Waals surface area (Å²) in [6.07, 6.45) is 7.22. The molecule has 1 nitrogen and oxygen atoms in total. The van der Waals surface area contributed by atoms with Crippen molar-refractivity contribution in [1.29, 1.82) is 0 Å². The molecular formula is C19H26O. The molecule has 0 fully saturated rings. The van der Waals surface area contributed by atoms with Crippen molar-refractivity contribution in [3.05, 3.63) is 58.7 Å². The fraction of sp³-hybridized carbons (Fsp3) is 0.421. The first-order chi connectivity index (χ1) is 9.42. The van der Waals surface area contributed by atoms with Crippen molar-refractivity contribution < 1.29 is 4.79 Å². The Hall–Kier alpha value is -1.63. The largest absolute Gasteiger partial charge is 0.298 e. The molecule has 20 heavy (non-hydrogen) atoms. The number of rotatable bonds is 6. The van der Waals surface area contributed by atoms with E-state index in [-0.39, 0.29) is 5.41 Å². The number of aryl methyl sites for hydroxylation is 1. The number of hydrogen-bond donors (Lipinski definition) is 0. The zero-order valence-corrected chi connectivity index (χ0v) is 13.4. The van der Waals surface area contributed by atoms with Crippen LogP contribution in [0.2, 0.25) is 0 Å². The molecule has 0 aliphatic heterocycles. The lowest BCUT2D eigenvalue weighted by Crippen LogP contribution is -2.21. The van der Waals surface area contributed by atoms with Gasteiger partial charge >= 0.3 is 0 Å². The van der Waals surface area contributed by atoms with Crippen LogP contribution < -0.4 is 0 Å². The van der Waals surface area contributed by atoms with E-state index in [9.17, 15) is 4.79 Å². The van der Waals surface area contributed by atoms with Gasteiger partial charge in [0.25, 0.3) is 0 Å². The Labute approximate surface area is 123 Å². The molecule has 1 heteroatoms. The second-order valence-electron chi connectivity index (χ2n) is 5.92. The van der Waals surface area contributed by atoms with Crippen LogP contribution in [0.3, 0.4) is 0 Å². The van der Waals surface area contributed by atoms with E-state index in [2.05, 4.69) is 64.1 Å². The number of carbonyl (C=O) groups excluding carboxylic acids is 1. The molecule has 0 N–H and O–H groups in total. The quantitative estimate of drug-likeness (QED) is 0.403. The van der Waals surface area contributed by atoms with Gasteiger partial charge in [0.05, 0.1) is 0 Å². The molecule has 0 radical (unpaired) electrons. The van der Waals surface area contributed by atoms with E-state index < -0.39 is 0 Å². The Balaban J connectivity index is 3.36. The van der Waals surface area contributed by atoms with Gasteiger partial charge < -0.3 is 0 Å². The van der Waals surface area contributed by atoms with Crippen LogP contribution in [0.5, 0.6) is 0 Å². The summed E-state index contributed by atoms with van der Waals surface area (Å²) in [5.74, 6) is 0. The molecule has 0 heterocycles. The lowest BCUT2D eigenvalue weighted by Gasteiger charge is -2.29. The van der Waals surface area contributed by atoms with Crippen molar-refractivity contribution in [3.8, 4) is 0 Å². The fourth-order valence-corrected chi connectivity index (χ4v) is 2.59. The van der Waals surface area contributed by atoms with Gasteiger partial charge in [-0.3, -0.25) is 4.79 Å². The van der Waals surface area contributed by atoms with Gasteiger partial charge in [0.15, 0.2) is 0 Å². The number of aldehydes is 1. The predicted molar refractivity (Wildman–Crippen MR) is 87.0 cm³/mol. The fourth-order valence-electron chi connectivity index (χ4n) is 2.59. The Morgan fingerprint density at radius 1 is 1.20 bits per heavy atom. The Bertz CT molecular complexity index is 518. The number of benzene rings is 1. The molecular weight excluding hydrogens is 244 g/mol. The van der Waals surface area contributed by atoms with Gasteiger partial charge in [-0.25, -0.2) is 0 Å². The van der Waals surface area contributed by atoms with Crippen molar-refractivity contribution in [1.82, 2.24) is 0 Å². The van der Waals surface area contributed by atoms with Crippen LogP contribution in [0, 0.1) is 0 Å². The minimum Gasteiger partial charge on any atom is -0.298 e. The van der Waals surface area contributed by atoms with Gasteiger partial charge in [-0.15, -0.1) is 0 Å². The number of allylic oxidation sites excluding steroid dienone is 4.